The van der Waals surface area contributed by atoms with Crippen molar-refractivity contribution in [3.63, 3.8) is 0 Å². The number of likely N-dealkylation sites (N-methyl/N-ethyl adjacent to an activating group) is 1. The molecule has 0 aromatic rings. The van der Waals surface area contributed by atoms with Crippen LogP contribution in [0, 0.1) is 0 Å². The Kier molecular flexibility index (Phi) is 33.7. The lowest BCUT2D eigenvalue weighted by atomic mass is 10.1. The Bertz CT molecular complexity index is 1200. The van der Waals surface area contributed by atoms with E-state index in [4.69, 9.17) is 14.2 Å². The minimum absolute atomic E-state index is 0.0327. The van der Waals surface area contributed by atoms with E-state index in [2.05, 4.69) is 62.5 Å². The molecular weight excluding hydrogens is 679 g/mol. The molecule has 1 N–H and O–H groups in total. The fourth-order valence-corrected chi connectivity index (χ4v) is 5.29. The fraction of sp³-hybridized carbons (Fsp3) is 0.587. The van der Waals surface area contributed by atoms with Crippen molar-refractivity contribution in [2.45, 2.75) is 135 Å². The summed E-state index contributed by atoms with van der Waals surface area (Å²) < 4.78 is 17.2. The van der Waals surface area contributed by atoms with E-state index in [1.807, 2.05) is 69.8 Å². The molecule has 2 atom stereocenters. The molecule has 54 heavy (non-hydrogen) atoms. The Balaban J connectivity index is 4.51. The number of allylic oxidation sites excluding steroid dienone is 16. The molecule has 0 spiro atoms. The number of ether oxygens (including phenoxy) is 3. The van der Waals surface area contributed by atoms with Crippen LogP contribution in [0.3, 0.4) is 0 Å². The molecule has 8 nitrogen and oxygen atoms in total. The lowest BCUT2D eigenvalue weighted by molar-refractivity contribution is -0.887. The molecule has 0 aromatic heterocycles. The minimum Gasteiger partial charge on any atom is -0.477 e. The minimum atomic E-state index is -0.890. The van der Waals surface area contributed by atoms with E-state index in [1.54, 1.807) is 0 Å². The smallest absolute Gasteiger partial charge is 0.362 e. The summed E-state index contributed by atoms with van der Waals surface area (Å²) in [5, 5.41) is 9.60. The average Bonchev–Trinajstić information content (AvgIpc) is 3.12. The number of carbonyl (C=O) groups excluding carboxylic acids is 2. The quantitative estimate of drug-likeness (QED) is 0.0302. The number of nitrogens with zero attached hydrogens (tertiary/aromatic N) is 1. The molecule has 0 saturated heterocycles. The number of hydrogen-bond donors (Lipinski definition) is 1. The average molecular weight is 753 g/mol. The first-order chi connectivity index (χ1) is 26.1. The van der Waals surface area contributed by atoms with Crippen LogP contribution in [0.15, 0.2) is 97.2 Å². The Hall–Kier alpha value is -3.75. The van der Waals surface area contributed by atoms with Crippen LogP contribution in [0.4, 0.5) is 0 Å². The van der Waals surface area contributed by atoms with Crippen molar-refractivity contribution in [1.29, 1.82) is 0 Å². The first kappa shape index (κ1) is 50.2. The van der Waals surface area contributed by atoms with Gasteiger partial charge in [0.25, 0.3) is 0 Å². The van der Waals surface area contributed by atoms with Gasteiger partial charge in [0, 0.05) is 19.3 Å². The molecule has 304 valence electrons. The van der Waals surface area contributed by atoms with Crippen LogP contribution < -0.4 is 0 Å². The van der Waals surface area contributed by atoms with E-state index < -0.39 is 18.1 Å². The number of esters is 2. The van der Waals surface area contributed by atoms with Crippen LogP contribution in [0.2, 0.25) is 0 Å². The summed E-state index contributed by atoms with van der Waals surface area (Å²) in [6, 6.07) is -0.630. The lowest BCUT2D eigenvalue weighted by Gasteiger charge is -2.31. The van der Waals surface area contributed by atoms with Crippen LogP contribution in [-0.2, 0) is 28.6 Å². The number of carboxylic acid groups (broad SMARTS) is 1. The van der Waals surface area contributed by atoms with E-state index in [9.17, 15) is 19.5 Å². The van der Waals surface area contributed by atoms with E-state index in [-0.39, 0.29) is 42.7 Å². The predicted molar refractivity (Wildman–Crippen MR) is 224 cm³/mol. The molecule has 8 heteroatoms. The van der Waals surface area contributed by atoms with Crippen molar-refractivity contribution in [3.8, 4) is 0 Å². The molecular formula is C46H74NO7+. The van der Waals surface area contributed by atoms with E-state index in [1.165, 1.54) is 19.3 Å². The van der Waals surface area contributed by atoms with Gasteiger partial charge < -0.3 is 23.8 Å². The third-order valence-electron chi connectivity index (χ3n) is 8.42. The number of hydrogen-bond acceptors (Lipinski definition) is 6. The van der Waals surface area contributed by atoms with Gasteiger partial charge in [0.1, 0.15) is 6.61 Å². The van der Waals surface area contributed by atoms with Crippen molar-refractivity contribution >= 4 is 17.9 Å². The molecule has 0 bridgehead atoms. The molecule has 0 amide bonds. The third-order valence-corrected chi connectivity index (χ3v) is 8.42. The monoisotopic (exact) mass is 753 g/mol. The Morgan fingerprint density at radius 3 is 1.46 bits per heavy atom. The molecule has 0 saturated carbocycles. The summed E-state index contributed by atoms with van der Waals surface area (Å²) in [6.07, 6.45) is 47.3. The molecule has 2 unspecified atom stereocenters. The van der Waals surface area contributed by atoms with Crippen LogP contribution in [0.25, 0.3) is 0 Å². The van der Waals surface area contributed by atoms with Gasteiger partial charge in [-0.3, -0.25) is 9.59 Å². The molecule has 0 aromatic carbocycles. The van der Waals surface area contributed by atoms with Crippen molar-refractivity contribution in [2.75, 3.05) is 41.0 Å². The van der Waals surface area contributed by atoms with Gasteiger partial charge in [-0.05, 0) is 51.4 Å². The SMILES string of the molecule is CC/C=C/C=C/C=C/C=C/C=C/CCCCCC(=O)OC(COCCC(C(=O)O)[N+](C)(C)C)COC(=O)CCCCCCCCC/C=C/C=C/C=C/CC. The number of aliphatic carboxylic acids is 1. The summed E-state index contributed by atoms with van der Waals surface area (Å²) in [5.74, 6) is -1.56. The third kappa shape index (κ3) is 34.0. The summed E-state index contributed by atoms with van der Waals surface area (Å²) in [6.45, 7) is 4.37. The summed E-state index contributed by atoms with van der Waals surface area (Å²) in [5.41, 5.74) is 0. The van der Waals surface area contributed by atoms with Crippen LogP contribution in [0.5, 0.6) is 0 Å². The van der Waals surface area contributed by atoms with Crippen molar-refractivity contribution in [3.05, 3.63) is 97.2 Å². The van der Waals surface area contributed by atoms with Gasteiger partial charge in [-0.2, -0.15) is 0 Å². The summed E-state index contributed by atoms with van der Waals surface area (Å²) in [4.78, 5) is 36.9. The highest BCUT2D eigenvalue weighted by atomic mass is 16.6. The number of unbranched alkanes of at least 4 members (excludes halogenated alkanes) is 10. The highest BCUT2D eigenvalue weighted by molar-refractivity contribution is 5.72. The predicted octanol–water partition coefficient (Wildman–Crippen LogP) is 10.7. The second-order valence-electron chi connectivity index (χ2n) is 14.3. The number of quaternary nitrogens is 1. The first-order valence-corrected chi connectivity index (χ1v) is 20.4. The van der Waals surface area contributed by atoms with Crippen LogP contribution in [0.1, 0.15) is 123 Å². The number of carboxylic acids is 1. The van der Waals surface area contributed by atoms with Gasteiger partial charge in [-0.25, -0.2) is 4.79 Å². The first-order valence-electron chi connectivity index (χ1n) is 20.4. The van der Waals surface area contributed by atoms with Gasteiger partial charge in [0.15, 0.2) is 12.1 Å². The molecule has 0 aliphatic rings. The highest BCUT2D eigenvalue weighted by Crippen LogP contribution is 2.13. The second-order valence-corrected chi connectivity index (χ2v) is 14.3. The van der Waals surface area contributed by atoms with Crippen LogP contribution in [-0.4, -0.2) is 80.6 Å². The van der Waals surface area contributed by atoms with Crippen molar-refractivity contribution in [2.24, 2.45) is 0 Å². The highest BCUT2D eigenvalue weighted by Gasteiger charge is 2.31. The van der Waals surface area contributed by atoms with Gasteiger partial charge in [0.2, 0.25) is 0 Å². The zero-order valence-corrected chi connectivity index (χ0v) is 34.4. The standard InChI is InChI=1S/C46H73NO7/c1-6-8-10-12-14-16-18-20-22-24-26-28-30-32-34-36-44(48)53-41-42(40-52-39-38-43(46(50)51)47(3,4)5)54-45(49)37-35-33-31-29-27-25-23-21-19-17-15-13-11-9-7-2/h8-19,21,23,25,27,42-43H,6-7,20,22,24,26,28-41H2,1-5H3/p+1/b10-8+,11-9+,14-12+,15-13+,18-16+,19-17+,23-21+,27-25+. The molecule has 0 fully saturated rings. The second kappa shape index (κ2) is 36.2. The van der Waals surface area contributed by atoms with Gasteiger partial charge >= 0.3 is 17.9 Å². The lowest BCUT2D eigenvalue weighted by Crippen LogP contribution is -2.50. The Labute approximate surface area is 328 Å². The zero-order valence-electron chi connectivity index (χ0n) is 34.4. The maximum atomic E-state index is 12.7. The molecule has 0 aliphatic heterocycles. The normalized spacial score (nSPS) is 14.0. The van der Waals surface area contributed by atoms with Gasteiger partial charge in [-0.1, -0.05) is 150 Å². The number of rotatable bonds is 34. The summed E-state index contributed by atoms with van der Waals surface area (Å²) >= 11 is 0. The molecule has 0 rings (SSSR count). The molecule has 0 aliphatic carbocycles. The van der Waals surface area contributed by atoms with E-state index in [0.29, 0.717) is 19.3 Å². The van der Waals surface area contributed by atoms with Crippen molar-refractivity contribution < 1.29 is 38.2 Å². The summed E-state index contributed by atoms with van der Waals surface area (Å²) in [7, 11) is 5.49. The molecule has 0 radical (unpaired) electrons. The Morgan fingerprint density at radius 1 is 0.556 bits per heavy atom. The fourth-order valence-electron chi connectivity index (χ4n) is 5.29. The zero-order chi connectivity index (χ0) is 40.0. The van der Waals surface area contributed by atoms with E-state index in [0.717, 1.165) is 64.2 Å². The molecule has 0 heterocycles. The van der Waals surface area contributed by atoms with E-state index >= 15 is 0 Å². The van der Waals surface area contributed by atoms with Crippen LogP contribution >= 0.6 is 0 Å². The Morgan fingerprint density at radius 2 is 0.981 bits per heavy atom. The number of carbonyl (C=O) groups is 3. The van der Waals surface area contributed by atoms with Crippen molar-refractivity contribution in [1.82, 2.24) is 0 Å². The maximum absolute atomic E-state index is 12.7. The maximum Gasteiger partial charge on any atom is 0.362 e. The largest absolute Gasteiger partial charge is 0.477 e. The van der Waals surface area contributed by atoms with Gasteiger partial charge in [0.05, 0.1) is 34.4 Å². The van der Waals surface area contributed by atoms with Gasteiger partial charge in [-0.15, -0.1) is 0 Å². The topological polar surface area (TPSA) is 99.1 Å².